The molecule has 0 spiro atoms. The number of Topliss-reactive ketones (excluding diaryl/α,β-unsaturated/α-hetero) is 1. The lowest BCUT2D eigenvalue weighted by Gasteiger charge is -2.18. The lowest BCUT2D eigenvalue weighted by molar-refractivity contribution is -0.166. The lowest BCUT2D eigenvalue weighted by Crippen LogP contribution is -2.25. The molecule has 98 valence electrons. The van der Waals surface area contributed by atoms with Gasteiger partial charge in [0.25, 0.3) is 5.78 Å². The van der Waals surface area contributed by atoms with Gasteiger partial charge in [0.1, 0.15) is 11.5 Å². The number of alkyl halides is 3. The summed E-state index contributed by atoms with van der Waals surface area (Å²) in [6, 6.07) is 7.05. The van der Waals surface area contributed by atoms with E-state index in [-0.39, 0.29) is 17.8 Å². The van der Waals surface area contributed by atoms with Crippen molar-refractivity contribution in [2.45, 2.75) is 19.0 Å². The van der Waals surface area contributed by atoms with Crippen LogP contribution in [0.15, 0.2) is 41.2 Å². The van der Waals surface area contributed by atoms with Crippen LogP contribution >= 0.6 is 0 Å². The van der Waals surface area contributed by atoms with E-state index in [1.807, 2.05) is 12.1 Å². The zero-order chi connectivity index (χ0) is 13.6. The second-order valence-electron chi connectivity index (χ2n) is 4.44. The molecule has 1 heterocycles. The Labute approximate surface area is 107 Å². The largest absolute Gasteiger partial charge is 0.456 e. The summed E-state index contributed by atoms with van der Waals surface area (Å²) >= 11 is 0. The molecule has 0 amide bonds. The Morgan fingerprint density at radius 1 is 1.16 bits per heavy atom. The molecule has 0 saturated heterocycles. The molecule has 1 aromatic rings. The average molecular weight is 266 g/mol. The second kappa shape index (κ2) is 3.98. The van der Waals surface area contributed by atoms with Gasteiger partial charge in [-0.05, 0) is 30.6 Å². The molecule has 3 rings (SSSR count). The first-order valence-electron chi connectivity index (χ1n) is 5.79. The van der Waals surface area contributed by atoms with E-state index in [1.54, 1.807) is 18.2 Å². The fourth-order valence-corrected chi connectivity index (χ4v) is 2.32. The molecule has 0 unspecified atom stereocenters. The summed E-state index contributed by atoms with van der Waals surface area (Å²) in [7, 11) is 0. The van der Waals surface area contributed by atoms with Gasteiger partial charge in [0.05, 0.1) is 0 Å². The fraction of sp³-hybridized carbons (Fsp3) is 0.214. The Bertz CT molecular complexity index is 624. The average Bonchev–Trinajstić information content (AvgIpc) is 2.76. The minimum Gasteiger partial charge on any atom is -0.456 e. The lowest BCUT2D eigenvalue weighted by atomic mass is 10.1. The van der Waals surface area contributed by atoms with Crippen LogP contribution in [0.25, 0.3) is 6.08 Å². The molecule has 0 bridgehead atoms. The maximum Gasteiger partial charge on any atom is 0.454 e. The number of halogens is 3. The highest BCUT2D eigenvalue weighted by Crippen LogP contribution is 2.42. The maximum absolute atomic E-state index is 12.5. The molecule has 0 fully saturated rings. The smallest absolute Gasteiger partial charge is 0.454 e. The molecule has 1 aliphatic carbocycles. The molecule has 0 saturated carbocycles. The van der Waals surface area contributed by atoms with Crippen molar-refractivity contribution in [3.05, 3.63) is 46.7 Å². The van der Waals surface area contributed by atoms with Crippen LogP contribution in [-0.4, -0.2) is 12.0 Å². The number of fused-ring (bicyclic) bond motifs is 2. The van der Waals surface area contributed by atoms with E-state index in [0.717, 1.165) is 5.56 Å². The number of ether oxygens (including phenoxy) is 1. The van der Waals surface area contributed by atoms with Gasteiger partial charge >= 0.3 is 6.18 Å². The van der Waals surface area contributed by atoms with Crippen molar-refractivity contribution in [1.82, 2.24) is 0 Å². The molecule has 5 heteroatoms. The standard InChI is InChI=1S/C14H9F3O2/c15-14(16,17)13(18)10-6-5-9-7-8-3-1-2-4-11(8)19-12(9)10/h1-4,7H,5-6H2. The number of ketones is 1. The SMILES string of the molecule is O=C(C1=C2Oc3ccccc3C=C2CC1)C(F)(F)F. The van der Waals surface area contributed by atoms with Gasteiger partial charge in [-0.1, -0.05) is 18.2 Å². The van der Waals surface area contributed by atoms with Gasteiger partial charge in [-0.2, -0.15) is 13.2 Å². The van der Waals surface area contributed by atoms with E-state index in [4.69, 9.17) is 4.74 Å². The number of benzene rings is 1. The van der Waals surface area contributed by atoms with E-state index in [1.165, 1.54) is 0 Å². The normalized spacial score (nSPS) is 17.5. The summed E-state index contributed by atoms with van der Waals surface area (Å²) in [6.07, 6.45) is -2.59. The summed E-state index contributed by atoms with van der Waals surface area (Å²) in [4.78, 5) is 11.3. The number of carbonyl (C=O) groups is 1. The Kier molecular flexibility index (Phi) is 2.52. The Hall–Kier alpha value is -2.04. The summed E-state index contributed by atoms with van der Waals surface area (Å²) < 4.78 is 43.0. The number of allylic oxidation sites excluding steroid dienone is 2. The van der Waals surface area contributed by atoms with Crippen LogP contribution in [0.3, 0.4) is 0 Å². The monoisotopic (exact) mass is 266 g/mol. The van der Waals surface area contributed by atoms with Gasteiger partial charge in [-0.3, -0.25) is 4.79 Å². The molecular formula is C14H9F3O2. The summed E-state index contributed by atoms with van der Waals surface area (Å²) in [5.41, 5.74) is 1.21. The number of carbonyl (C=O) groups excluding carboxylic acids is 1. The summed E-state index contributed by atoms with van der Waals surface area (Å²) in [5, 5.41) is 0. The molecule has 19 heavy (non-hydrogen) atoms. The number of hydrogen-bond donors (Lipinski definition) is 0. The molecule has 0 N–H and O–H groups in total. The molecule has 2 nitrogen and oxygen atoms in total. The van der Waals surface area contributed by atoms with Gasteiger partial charge in [-0.15, -0.1) is 0 Å². The van der Waals surface area contributed by atoms with Crippen molar-refractivity contribution >= 4 is 11.9 Å². The minimum absolute atomic E-state index is 0.0769. The molecular weight excluding hydrogens is 257 g/mol. The first-order chi connectivity index (χ1) is 8.97. The van der Waals surface area contributed by atoms with Crippen molar-refractivity contribution < 1.29 is 22.7 Å². The van der Waals surface area contributed by atoms with Gasteiger partial charge in [0.15, 0.2) is 0 Å². The fourth-order valence-electron chi connectivity index (χ4n) is 2.32. The third-order valence-corrected chi connectivity index (χ3v) is 3.20. The highest BCUT2D eigenvalue weighted by molar-refractivity contribution is 6.01. The molecule has 0 atom stereocenters. The number of para-hydroxylation sites is 1. The van der Waals surface area contributed by atoms with Crippen LogP contribution in [-0.2, 0) is 4.79 Å². The molecule has 1 aromatic carbocycles. The van der Waals surface area contributed by atoms with Crippen LogP contribution < -0.4 is 4.74 Å². The third kappa shape index (κ3) is 1.95. The van der Waals surface area contributed by atoms with Crippen LogP contribution in [0, 0.1) is 0 Å². The molecule has 0 radical (unpaired) electrons. The van der Waals surface area contributed by atoms with Crippen LogP contribution in [0.2, 0.25) is 0 Å². The Balaban J connectivity index is 2.06. The predicted molar refractivity (Wildman–Crippen MR) is 62.4 cm³/mol. The molecule has 0 aromatic heterocycles. The van der Waals surface area contributed by atoms with E-state index in [0.29, 0.717) is 17.7 Å². The Morgan fingerprint density at radius 3 is 2.63 bits per heavy atom. The first-order valence-corrected chi connectivity index (χ1v) is 5.79. The van der Waals surface area contributed by atoms with E-state index in [9.17, 15) is 18.0 Å². The third-order valence-electron chi connectivity index (χ3n) is 3.20. The van der Waals surface area contributed by atoms with Gasteiger partial charge < -0.3 is 4.74 Å². The van der Waals surface area contributed by atoms with Gasteiger partial charge in [0.2, 0.25) is 0 Å². The van der Waals surface area contributed by atoms with Crippen LogP contribution in [0.4, 0.5) is 13.2 Å². The van der Waals surface area contributed by atoms with Crippen molar-refractivity contribution in [2.24, 2.45) is 0 Å². The summed E-state index contributed by atoms with van der Waals surface area (Å²) in [5.74, 6) is -1.23. The van der Waals surface area contributed by atoms with Crippen LogP contribution in [0.1, 0.15) is 18.4 Å². The van der Waals surface area contributed by atoms with Crippen LogP contribution in [0.5, 0.6) is 5.75 Å². The second-order valence-corrected chi connectivity index (χ2v) is 4.44. The number of hydrogen-bond acceptors (Lipinski definition) is 2. The van der Waals surface area contributed by atoms with Crippen molar-refractivity contribution in [3.63, 3.8) is 0 Å². The molecule has 1 aliphatic heterocycles. The van der Waals surface area contributed by atoms with Crippen molar-refractivity contribution in [1.29, 1.82) is 0 Å². The minimum atomic E-state index is -4.85. The van der Waals surface area contributed by atoms with E-state index >= 15 is 0 Å². The zero-order valence-electron chi connectivity index (χ0n) is 9.75. The topological polar surface area (TPSA) is 26.3 Å². The van der Waals surface area contributed by atoms with E-state index in [2.05, 4.69) is 0 Å². The predicted octanol–water partition coefficient (Wildman–Crippen LogP) is 3.64. The first kappa shape index (κ1) is 12.0. The maximum atomic E-state index is 12.5. The highest BCUT2D eigenvalue weighted by Gasteiger charge is 2.44. The quantitative estimate of drug-likeness (QED) is 0.775. The highest BCUT2D eigenvalue weighted by atomic mass is 19.4. The zero-order valence-corrected chi connectivity index (χ0v) is 9.75. The van der Waals surface area contributed by atoms with E-state index < -0.39 is 12.0 Å². The summed E-state index contributed by atoms with van der Waals surface area (Å²) in [6.45, 7) is 0. The van der Waals surface area contributed by atoms with Crippen molar-refractivity contribution in [2.75, 3.05) is 0 Å². The van der Waals surface area contributed by atoms with Gasteiger partial charge in [0, 0.05) is 11.1 Å². The molecule has 2 aliphatic rings. The van der Waals surface area contributed by atoms with Crippen molar-refractivity contribution in [3.8, 4) is 5.75 Å². The van der Waals surface area contributed by atoms with Gasteiger partial charge in [-0.25, -0.2) is 0 Å². The number of rotatable bonds is 1. The Morgan fingerprint density at radius 2 is 1.89 bits per heavy atom.